The van der Waals surface area contributed by atoms with Gasteiger partial charge in [-0.1, -0.05) is 6.58 Å². The molecule has 0 N–H and O–H groups in total. The van der Waals surface area contributed by atoms with Crippen LogP contribution >= 0.6 is 0 Å². The number of benzene rings is 1. The molecule has 2 aromatic heterocycles. The quantitative estimate of drug-likeness (QED) is 0.348. The number of rotatable bonds is 2. The Morgan fingerprint density at radius 2 is 1.10 bits per heavy atom. The van der Waals surface area contributed by atoms with Gasteiger partial charge in [0.25, 0.3) is 0 Å². The molecule has 0 unspecified atom stereocenters. The van der Waals surface area contributed by atoms with Gasteiger partial charge < -0.3 is 0 Å². The number of allylic oxidation sites excluding steroid dienone is 1. The fourth-order valence-electron chi connectivity index (χ4n) is 2.69. The first-order chi connectivity index (χ1) is 14.9. The summed E-state index contributed by atoms with van der Waals surface area (Å²) in [4.78, 5) is 20.8. The Hall–Kier alpha value is -5.75. The minimum absolute atomic E-state index is 0.00179. The summed E-state index contributed by atoms with van der Waals surface area (Å²) in [5.41, 5.74) is -1.07. The molecule has 1 aromatic carbocycles. The Morgan fingerprint density at radius 3 is 1.52 bits per heavy atom. The van der Waals surface area contributed by atoms with Crippen molar-refractivity contribution in [1.29, 1.82) is 31.6 Å². The fourth-order valence-corrected chi connectivity index (χ4v) is 2.69. The summed E-state index contributed by atoms with van der Waals surface area (Å²) >= 11 is 0. The number of hydrogen-bond acceptors (Lipinski definition) is 11. The molecule has 2 heterocycles. The van der Waals surface area contributed by atoms with E-state index in [2.05, 4.69) is 31.5 Å². The van der Waals surface area contributed by atoms with Gasteiger partial charge in [0.2, 0.25) is 0 Å². The molecule has 0 saturated heterocycles. The van der Waals surface area contributed by atoms with Gasteiger partial charge in [0.05, 0.1) is 16.8 Å². The molecule has 0 fully saturated rings. The van der Waals surface area contributed by atoms with Gasteiger partial charge in [0.15, 0.2) is 28.5 Å². The van der Waals surface area contributed by atoms with E-state index in [0.29, 0.717) is 5.56 Å². The second-order valence-corrected chi connectivity index (χ2v) is 5.82. The zero-order chi connectivity index (χ0) is 22.7. The molecular formula is C20H5N11. The van der Waals surface area contributed by atoms with Crippen molar-refractivity contribution < 1.29 is 0 Å². The number of aromatic nitrogens is 4. The first-order valence-electron chi connectivity index (χ1n) is 8.18. The largest absolute Gasteiger partial charge is 0.234 e. The van der Waals surface area contributed by atoms with E-state index in [1.54, 1.807) is 43.3 Å². The number of aryl methyl sites for hydroxylation is 1. The second kappa shape index (κ2) is 7.70. The lowest BCUT2D eigenvalue weighted by atomic mass is 10.1. The molecule has 31 heavy (non-hydrogen) atoms. The van der Waals surface area contributed by atoms with Crippen molar-refractivity contribution in [2.75, 3.05) is 0 Å². The van der Waals surface area contributed by atoms with Gasteiger partial charge >= 0.3 is 0 Å². The highest BCUT2D eigenvalue weighted by Gasteiger charge is 2.22. The molecule has 0 aliphatic heterocycles. The van der Waals surface area contributed by atoms with Crippen LogP contribution in [0.15, 0.2) is 17.1 Å². The molecule has 0 bridgehead atoms. The van der Waals surface area contributed by atoms with E-state index in [1.807, 2.05) is 0 Å². The van der Waals surface area contributed by atoms with Gasteiger partial charge in [0.1, 0.15) is 53.0 Å². The molecule has 0 radical (unpaired) electrons. The summed E-state index contributed by atoms with van der Waals surface area (Å²) < 4.78 is 0. The van der Waals surface area contributed by atoms with Crippen molar-refractivity contribution in [2.45, 2.75) is 6.92 Å². The van der Waals surface area contributed by atoms with Crippen LogP contribution in [0.4, 0.5) is 5.69 Å². The monoisotopic (exact) mass is 399 g/mol. The van der Waals surface area contributed by atoms with Crippen molar-refractivity contribution in [3.8, 4) is 36.4 Å². The third-order valence-electron chi connectivity index (χ3n) is 4.12. The van der Waals surface area contributed by atoms with Gasteiger partial charge in [-0.05, 0) is 6.92 Å². The van der Waals surface area contributed by atoms with Crippen molar-refractivity contribution in [2.24, 2.45) is 4.99 Å². The number of nitrogens with zero attached hydrogens (tertiary/aromatic N) is 11. The van der Waals surface area contributed by atoms with E-state index in [0.717, 1.165) is 0 Å². The summed E-state index contributed by atoms with van der Waals surface area (Å²) in [5, 5.41) is 55.7. The molecule has 0 amide bonds. The fraction of sp³-hybridized carbons (Fsp3) is 0.0500. The second-order valence-electron chi connectivity index (χ2n) is 5.82. The van der Waals surface area contributed by atoms with Gasteiger partial charge in [0, 0.05) is 5.56 Å². The molecule has 11 heteroatoms. The molecule has 0 atom stereocenters. The van der Waals surface area contributed by atoms with Crippen LogP contribution < -0.4 is 0 Å². The summed E-state index contributed by atoms with van der Waals surface area (Å²) in [5.74, 6) is 0. The average Bonchev–Trinajstić information content (AvgIpc) is 2.81. The van der Waals surface area contributed by atoms with Crippen LogP contribution in [0.1, 0.15) is 28.3 Å². The highest BCUT2D eigenvalue weighted by Crippen LogP contribution is 2.35. The van der Waals surface area contributed by atoms with Crippen molar-refractivity contribution >= 4 is 33.5 Å². The summed E-state index contributed by atoms with van der Waals surface area (Å²) in [6, 6.07) is 10.6. The molecule has 0 aliphatic rings. The van der Waals surface area contributed by atoms with Gasteiger partial charge in [-0.2, -0.15) is 31.6 Å². The first-order valence-corrected chi connectivity index (χ1v) is 8.18. The van der Waals surface area contributed by atoms with Crippen LogP contribution in [0.2, 0.25) is 0 Å². The Bertz CT molecular complexity index is 1620. The van der Waals surface area contributed by atoms with Gasteiger partial charge in [-0.3, -0.25) is 0 Å². The average molecular weight is 399 g/mol. The Labute approximate surface area is 174 Å². The van der Waals surface area contributed by atoms with Gasteiger partial charge in [-0.25, -0.2) is 24.9 Å². The van der Waals surface area contributed by atoms with Crippen LogP contribution in [0.3, 0.4) is 0 Å². The van der Waals surface area contributed by atoms with Crippen molar-refractivity contribution in [3.63, 3.8) is 0 Å². The van der Waals surface area contributed by atoms with Crippen molar-refractivity contribution in [3.05, 3.63) is 40.5 Å². The highest BCUT2D eigenvalue weighted by atomic mass is 14.9. The molecular weight excluding hydrogens is 394 g/mol. The molecule has 11 nitrogen and oxygen atoms in total. The minimum atomic E-state index is -0.307. The summed E-state index contributed by atoms with van der Waals surface area (Å²) in [6.45, 7) is 5.02. The van der Waals surface area contributed by atoms with E-state index in [9.17, 15) is 26.3 Å². The summed E-state index contributed by atoms with van der Waals surface area (Å²) in [7, 11) is 0. The van der Waals surface area contributed by atoms with Crippen LogP contribution in [0.5, 0.6) is 0 Å². The third kappa shape index (κ3) is 3.10. The van der Waals surface area contributed by atoms with Crippen molar-refractivity contribution in [1.82, 2.24) is 19.9 Å². The SMILES string of the molecule is C=C(C#N)C(C#N)=Nc1c(C)c2nc(C#N)c(C#N)nc2c2nc(C#N)c(C#N)nc12. The van der Waals surface area contributed by atoms with E-state index in [-0.39, 0.29) is 61.8 Å². The maximum Gasteiger partial charge on any atom is 0.177 e. The van der Waals surface area contributed by atoms with Crippen LogP contribution in [-0.4, -0.2) is 25.6 Å². The van der Waals surface area contributed by atoms with E-state index < -0.39 is 0 Å². The number of aliphatic imine (C=N–C) groups is 1. The molecule has 3 rings (SSSR count). The van der Waals surface area contributed by atoms with Crippen LogP contribution in [-0.2, 0) is 0 Å². The number of fused-ring (bicyclic) bond motifs is 3. The smallest absolute Gasteiger partial charge is 0.177 e. The Morgan fingerprint density at radius 1 is 0.677 bits per heavy atom. The highest BCUT2D eigenvalue weighted by molar-refractivity contribution is 6.17. The molecule has 3 aromatic rings. The van der Waals surface area contributed by atoms with Crippen LogP contribution in [0, 0.1) is 74.9 Å². The standard InChI is InChI=1S/C20H5N11/c1-9(3-21)11(4-22)27-16-10(2)17-19(29-13(6-24)12(5-23)28-17)20-18(16)30-14(7-25)15(8-26)31-20/h1H2,2H3. The Kier molecular flexibility index (Phi) is 4.97. The Balaban J connectivity index is 2.67. The topological polar surface area (TPSA) is 207 Å². The lowest BCUT2D eigenvalue weighted by Crippen LogP contribution is -2.04. The molecule has 0 spiro atoms. The predicted molar refractivity (Wildman–Crippen MR) is 104 cm³/mol. The normalized spacial score (nSPS) is 10.2. The maximum absolute atomic E-state index is 9.37. The first kappa shape index (κ1) is 20.0. The molecule has 0 aliphatic carbocycles. The van der Waals surface area contributed by atoms with E-state index >= 15 is 0 Å². The number of nitriles is 6. The third-order valence-corrected chi connectivity index (χ3v) is 4.12. The van der Waals surface area contributed by atoms with Crippen LogP contribution in [0.25, 0.3) is 22.1 Å². The lowest BCUT2D eigenvalue weighted by molar-refractivity contribution is 1.16. The van der Waals surface area contributed by atoms with E-state index in [4.69, 9.17) is 5.26 Å². The predicted octanol–water partition coefficient (Wildman–Crippen LogP) is 2.04. The zero-order valence-electron chi connectivity index (χ0n) is 15.6. The summed E-state index contributed by atoms with van der Waals surface area (Å²) in [6.07, 6.45) is 0. The lowest BCUT2D eigenvalue weighted by Gasteiger charge is -2.11. The van der Waals surface area contributed by atoms with E-state index in [1.165, 1.54) is 0 Å². The maximum atomic E-state index is 9.37. The number of hydrogen-bond donors (Lipinski definition) is 0. The molecule has 140 valence electrons. The van der Waals surface area contributed by atoms with Gasteiger partial charge in [-0.15, -0.1) is 0 Å². The minimum Gasteiger partial charge on any atom is -0.234 e. The molecule has 0 saturated carbocycles. The zero-order valence-corrected chi connectivity index (χ0v) is 15.6.